The van der Waals surface area contributed by atoms with Crippen LogP contribution in [0.5, 0.6) is 0 Å². The standard InChI is InChI=1S/C11H16F3N5/c1-6-7(2)17-18-10(8(6)9(15)16)19(3)5-4-11(12,13)14/h4-5H2,1-3H3,(H3,15,16). The van der Waals surface area contributed by atoms with E-state index in [1.54, 1.807) is 13.8 Å². The molecule has 106 valence electrons. The molecule has 1 rings (SSSR count). The normalized spacial score (nSPS) is 11.5. The zero-order valence-corrected chi connectivity index (χ0v) is 11.0. The van der Waals surface area contributed by atoms with E-state index in [1.807, 2.05) is 0 Å². The molecule has 0 aromatic carbocycles. The molecule has 0 fully saturated rings. The lowest BCUT2D eigenvalue weighted by Gasteiger charge is -2.22. The number of hydrogen-bond donors (Lipinski definition) is 2. The number of halogens is 3. The van der Waals surface area contributed by atoms with E-state index in [9.17, 15) is 13.2 Å². The second-order valence-corrected chi connectivity index (χ2v) is 4.31. The third kappa shape index (κ3) is 3.80. The first-order valence-corrected chi connectivity index (χ1v) is 5.59. The zero-order valence-electron chi connectivity index (χ0n) is 11.0. The average molecular weight is 275 g/mol. The maximum Gasteiger partial charge on any atom is 0.390 e. The summed E-state index contributed by atoms with van der Waals surface area (Å²) in [5, 5.41) is 15.2. The molecule has 0 saturated heterocycles. The molecule has 0 aliphatic heterocycles. The molecule has 3 N–H and O–H groups in total. The van der Waals surface area contributed by atoms with Crippen molar-refractivity contribution in [1.29, 1.82) is 5.41 Å². The Labute approximate surface area is 109 Å². The summed E-state index contributed by atoms with van der Waals surface area (Å²) < 4.78 is 36.6. The summed E-state index contributed by atoms with van der Waals surface area (Å²) in [4.78, 5) is 1.31. The second kappa shape index (κ2) is 5.41. The fraction of sp³-hybridized carbons (Fsp3) is 0.545. The maximum absolute atomic E-state index is 12.2. The van der Waals surface area contributed by atoms with Gasteiger partial charge in [0.2, 0.25) is 0 Å². The monoisotopic (exact) mass is 275 g/mol. The molecule has 0 spiro atoms. The van der Waals surface area contributed by atoms with E-state index >= 15 is 0 Å². The molecule has 5 nitrogen and oxygen atoms in total. The Morgan fingerprint density at radius 3 is 2.37 bits per heavy atom. The van der Waals surface area contributed by atoms with Crippen molar-refractivity contribution in [2.24, 2.45) is 5.73 Å². The van der Waals surface area contributed by atoms with Crippen LogP contribution in [0.2, 0.25) is 0 Å². The highest BCUT2D eigenvalue weighted by molar-refractivity contribution is 6.01. The van der Waals surface area contributed by atoms with Crippen molar-refractivity contribution in [3.8, 4) is 0 Å². The van der Waals surface area contributed by atoms with Crippen LogP contribution < -0.4 is 10.6 Å². The van der Waals surface area contributed by atoms with Gasteiger partial charge in [-0.05, 0) is 19.4 Å². The number of hydrogen-bond acceptors (Lipinski definition) is 4. The smallest absolute Gasteiger partial charge is 0.384 e. The first kappa shape index (κ1) is 15.2. The molecule has 8 heteroatoms. The maximum atomic E-state index is 12.2. The van der Waals surface area contributed by atoms with E-state index in [-0.39, 0.29) is 18.2 Å². The molecule has 0 unspecified atom stereocenters. The van der Waals surface area contributed by atoms with Crippen LogP contribution in [-0.2, 0) is 0 Å². The molecule has 0 aliphatic carbocycles. The molecule has 0 atom stereocenters. The molecular formula is C11H16F3N5. The fourth-order valence-electron chi connectivity index (χ4n) is 1.59. The van der Waals surface area contributed by atoms with Crippen molar-refractivity contribution in [2.45, 2.75) is 26.4 Å². The topological polar surface area (TPSA) is 78.9 Å². The number of alkyl halides is 3. The number of rotatable bonds is 4. The van der Waals surface area contributed by atoms with Gasteiger partial charge in [-0.25, -0.2) is 0 Å². The Bertz CT molecular complexity index is 484. The molecule has 0 amide bonds. The Hall–Kier alpha value is -1.86. The van der Waals surface area contributed by atoms with Crippen LogP contribution in [0.25, 0.3) is 0 Å². The van der Waals surface area contributed by atoms with E-state index in [1.165, 1.54) is 11.9 Å². The van der Waals surface area contributed by atoms with E-state index in [4.69, 9.17) is 11.1 Å². The summed E-state index contributed by atoms with van der Waals surface area (Å²) in [5.74, 6) is -0.0378. The highest BCUT2D eigenvalue weighted by Gasteiger charge is 2.28. The van der Waals surface area contributed by atoms with Gasteiger partial charge in [-0.3, -0.25) is 5.41 Å². The first-order valence-electron chi connectivity index (χ1n) is 5.59. The van der Waals surface area contributed by atoms with Gasteiger partial charge >= 0.3 is 6.18 Å². The number of nitrogens with two attached hydrogens (primary N) is 1. The predicted molar refractivity (Wildman–Crippen MR) is 66.5 cm³/mol. The molecule has 1 heterocycles. The number of nitrogens with zero attached hydrogens (tertiary/aromatic N) is 3. The number of nitrogen functional groups attached to an aromatic ring is 1. The molecule has 0 aliphatic rings. The van der Waals surface area contributed by atoms with Gasteiger partial charge in [0.15, 0.2) is 5.82 Å². The van der Waals surface area contributed by atoms with E-state index in [0.29, 0.717) is 16.8 Å². The minimum atomic E-state index is -4.24. The van der Waals surface area contributed by atoms with Crippen molar-refractivity contribution in [3.63, 3.8) is 0 Å². The molecule has 0 radical (unpaired) electrons. The van der Waals surface area contributed by atoms with Crippen LogP contribution in [0.4, 0.5) is 19.0 Å². The minimum absolute atomic E-state index is 0.194. The summed E-state index contributed by atoms with van der Waals surface area (Å²) in [6.07, 6.45) is -5.20. The third-order valence-corrected chi connectivity index (χ3v) is 2.80. The Morgan fingerprint density at radius 1 is 1.32 bits per heavy atom. The van der Waals surface area contributed by atoms with Gasteiger partial charge in [0, 0.05) is 13.6 Å². The van der Waals surface area contributed by atoms with Crippen molar-refractivity contribution in [2.75, 3.05) is 18.5 Å². The lowest BCUT2D eigenvalue weighted by atomic mass is 10.1. The summed E-state index contributed by atoms with van der Waals surface area (Å²) in [7, 11) is 1.47. The van der Waals surface area contributed by atoms with E-state index in [2.05, 4.69) is 10.2 Å². The van der Waals surface area contributed by atoms with Gasteiger partial charge in [0.1, 0.15) is 5.84 Å². The van der Waals surface area contributed by atoms with Gasteiger partial charge in [0.25, 0.3) is 0 Å². The van der Waals surface area contributed by atoms with Gasteiger partial charge in [-0.2, -0.15) is 18.3 Å². The molecule has 0 saturated carbocycles. The van der Waals surface area contributed by atoms with Crippen molar-refractivity contribution < 1.29 is 13.2 Å². The number of aryl methyl sites for hydroxylation is 1. The van der Waals surface area contributed by atoms with Crippen LogP contribution in [-0.4, -0.2) is 35.8 Å². The highest BCUT2D eigenvalue weighted by atomic mass is 19.4. The van der Waals surface area contributed by atoms with Crippen LogP contribution in [0, 0.1) is 19.3 Å². The number of anilines is 1. The number of amidine groups is 1. The lowest BCUT2D eigenvalue weighted by Crippen LogP contribution is -2.29. The minimum Gasteiger partial charge on any atom is -0.384 e. The Morgan fingerprint density at radius 2 is 1.89 bits per heavy atom. The quantitative estimate of drug-likeness (QED) is 0.648. The highest BCUT2D eigenvalue weighted by Crippen LogP contribution is 2.24. The summed E-state index contributed by atoms with van der Waals surface area (Å²) in [6.45, 7) is 3.15. The van der Waals surface area contributed by atoms with Crippen LogP contribution in [0.3, 0.4) is 0 Å². The Kier molecular flexibility index (Phi) is 4.33. The van der Waals surface area contributed by atoms with Crippen molar-refractivity contribution in [1.82, 2.24) is 10.2 Å². The van der Waals surface area contributed by atoms with Crippen molar-refractivity contribution in [3.05, 3.63) is 16.8 Å². The van der Waals surface area contributed by atoms with Crippen LogP contribution >= 0.6 is 0 Å². The van der Waals surface area contributed by atoms with Gasteiger partial charge in [0.05, 0.1) is 17.7 Å². The molecular weight excluding hydrogens is 259 g/mol. The van der Waals surface area contributed by atoms with E-state index < -0.39 is 12.6 Å². The largest absolute Gasteiger partial charge is 0.390 e. The van der Waals surface area contributed by atoms with Crippen molar-refractivity contribution >= 4 is 11.7 Å². The SMILES string of the molecule is Cc1nnc(N(C)CCC(F)(F)F)c(C(=N)N)c1C. The van der Waals surface area contributed by atoms with Gasteiger partial charge < -0.3 is 10.6 Å². The fourth-order valence-corrected chi connectivity index (χ4v) is 1.59. The molecule has 1 aromatic heterocycles. The average Bonchev–Trinajstić information content (AvgIpc) is 2.27. The Balaban J connectivity index is 3.06. The summed E-state index contributed by atoms with van der Waals surface area (Å²) >= 11 is 0. The zero-order chi connectivity index (χ0) is 14.8. The van der Waals surface area contributed by atoms with E-state index in [0.717, 1.165) is 0 Å². The van der Waals surface area contributed by atoms with Gasteiger partial charge in [-0.15, -0.1) is 5.10 Å². The van der Waals surface area contributed by atoms with Crippen LogP contribution in [0.15, 0.2) is 0 Å². The van der Waals surface area contributed by atoms with Gasteiger partial charge in [-0.1, -0.05) is 0 Å². The summed E-state index contributed by atoms with van der Waals surface area (Å²) in [6, 6.07) is 0. The molecule has 0 bridgehead atoms. The number of aromatic nitrogens is 2. The van der Waals surface area contributed by atoms with Crippen LogP contribution in [0.1, 0.15) is 23.2 Å². The third-order valence-electron chi connectivity index (χ3n) is 2.80. The predicted octanol–water partition coefficient (Wildman–Crippen LogP) is 1.77. The lowest BCUT2D eigenvalue weighted by molar-refractivity contribution is -0.132. The molecule has 19 heavy (non-hydrogen) atoms. The summed E-state index contributed by atoms with van der Waals surface area (Å²) in [5.41, 5.74) is 7.05. The first-order chi connectivity index (χ1) is 8.63. The molecule has 1 aromatic rings. The second-order valence-electron chi connectivity index (χ2n) is 4.31. The number of nitrogens with one attached hydrogen (secondary N) is 1.